The van der Waals surface area contributed by atoms with Gasteiger partial charge < -0.3 is 4.42 Å². The number of pyridine rings is 1. The van der Waals surface area contributed by atoms with Gasteiger partial charge in [-0.15, -0.1) is 0 Å². The van der Waals surface area contributed by atoms with E-state index in [1.165, 1.54) is 0 Å². The van der Waals surface area contributed by atoms with Crippen molar-refractivity contribution < 1.29 is 4.42 Å². The molecule has 11 heavy (non-hydrogen) atoms. The number of hydrogen-bond donors (Lipinski definition) is 0. The van der Waals surface area contributed by atoms with Crippen LogP contribution in [0.25, 0.3) is 11.3 Å². The Bertz CT molecular complexity index is 313. The third-order valence-corrected chi connectivity index (χ3v) is 1.42. The molecule has 0 spiro atoms. The molecule has 0 fully saturated rings. The van der Waals surface area contributed by atoms with Crippen molar-refractivity contribution in [3.8, 4) is 11.3 Å². The Morgan fingerprint density at radius 1 is 1.36 bits per heavy atom. The van der Waals surface area contributed by atoms with Crippen LogP contribution in [0.5, 0.6) is 0 Å². The molecule has 1 radical (unpaired) electrons. The fourth-order valence-electron chi connectivity index (χ4n) is 0.905. The van der Waals surface area contributed by atoms with E-state index >= 15 is 0 Å². The van der Waals surface area contributed by atoms with Gasteiger partial charge >= 0.3 is 0 Å². The molecule has 2 rings (SSSR count). The fourth-order valence-corrected chi connectivity index (χ4v) is 0.905. The largest absolute Gasteiger partial charge is 0.453 e. The summed E-state index contributed by atoms with van der Waals surface area (Å²) in [5, 5.41) is 0. The second-order valence-electron chi connectivity index (χ2n) is 2.16. The Morgan fingerprint density at radius 3 is 3.00 bits per heavy atom. The summed E-state index contributed by atoms with van der Waals surface area (Å²) in [5.74, 6) is 0.804. The highest BCUT2D eigenvalue weighted by Gasteiger charge is 1.97. The van der Waals surface area contributed by atoms with Crippen molar-refractivity contribution in [2.24, 2.45) is 0 Å². The zero-order chi connectivity index (χ0) is 7.52. The molecule has 2 aromatic rings. The molecule has 2 heterocycles. The molecule has 53 valence electrons. The van der Waals surface area contributed by atoms with Gasteiger partial charge in [0.15, 0.2) is 6.26 Å². The number of rotatable bonds is 1. The maximum absolute atomic E-state index is 5.05. The number of hydrogen-bond acceptors (Lipinski definition) is 2. The smallest absolute Gasteiger partial charge is 0.170 e. The lowest BCUT2D eigenvalue weighted by Crippen LogP contribution is -1.73. The van der Waals surface area contributed by atoms with Crippen LogP contribution >= 0.6 is 0 Å². The highest BCUT2D eigenvalue weighted by atomic mass is 16.3. The average Bonchev–Trinajstić information content (AvgIpc) is 2.58. The molecular formula is C9H6NO. The van der Waals surface area contributed by atoms with Gasteiger partial charge in [-0.2, -0.15) is 0 Å². The van der Waals surface area contributed by atoms with Crippen molar-refractivity contribution in [1.82, 2.24) is 4.98 Å². The number of aromatic nitrogens is 1. The summed E-state index contributed by atoms with van der Waals surface area (Å²) in [7, 11) is 0. The van der Waals surface area contributed by atoms with E-state index in [0.717, 1.165) is 11.3 Å². The minimum Gasteiger partial charge on any atom is -0.453 e. The lowest BCUT2D eigenvalue weighted by molar-refractivity contribution is 0.573. The van der Waals surface area contributed by atoms with Gasteiger partial charge in [0.25, 0.3) is 0 Å². The van der Waals surface area contributed by atoms with E-state index in [1.807, 2.05) is 18.2 Å². The molecule has 2 heteroatoms. The SMILES string of the molecule is [c]1ccc(-c2cccnc2)o1. The molecule has 0 amide bonds. The van der Waals surface area contributed by atoms with E-state index in [0.29, 0.717) is 0 Å². The zero-order valence-electron chi connectivity index (χ0n) is 5.82. The Labute approximate surface area is 64.5 Å². The standard InChI is InChI=1S/C9H6NO/c1-3-8(7-10-5-1)9-4-2-6-11-9/h1-5,7H. The number of furan rings is 1. The first-order chi connectivity index (χ1) is 5.47. The average molecular weight is 144 g/mol. The first-order valence-corrected chi connectivity index (χ1v) is 3.33. The van der Waals surface area contributed by atoms with Crippen LogP contribution in [0.3, 0.4) is 0 Å². The maximum Gasteiger partial charge on any atom is 0.170 e. The summed E-state index contributed by atoms with van der Waals surface area (Å²) in [6, 6.07) is 7.41. The van der Waals surface area contributed by atoms with Crippen molar-refractivity contribution in [2.75, 3.05) is 0 Å². The van der Waals surface area contributed by atoms with Gasteiger partial charge in [0, 0.05) is 18.0 Å². The van der Waals surface area contributed by atoms with Gasteiger partial charge in [0.2, 0.25) is 0 Å². The molecule has 0 bridgehead atoms. The summed E-state index contributed by atoms with van der Waals surface area (Å²) in [6.07, 6.45) is 6.11. The third kappa shape index (κ3) is 1.15. The zero-order valence-corrected chi connectivity index (χ0v) is 5.82. The molecular weight excluding hydrogens is 138 g/mol. The van der Waals surface area contributed by atoms with Crippen molar-refractivity contribution in [3.63, 3.8) is 0 Å². The predicted octanol–water partition coefficient (Wildman–Crippen LogP) is 2.14. The van der Waals surface area contributed by atoms with Gasteiger partial charge in [-0.1, -0.05) is 0 Å². The molecule has 0 atom stereocenters. The second-order valence-corrected chi connectivity index (χ2v) is 2.16. The lowest BCUT2D eigenvalue weighted by atomic mass is 10.2. The summed E-state index contributed by atoms with van der Waals surface area (Å²) in [6.45, 7) is 0. The van der Waals surface area contributed by atoms with Gasteiger partial charge in [-0.05, 0) is 24.3 Å². The lowest BCUT2D eigenvalue weighted by Gasteiger charge is -1.91. The van der Waals surface area contributed by atoms with E-state index in [1.54, 1.807) is 18.5 Å². The van der Waals surface area contributed by atoms with Crippen LogP contribution in [0.4, 0.5) is 0 Å². The Morgan fingerprint density at radius 2 is 2.36 bits per heavy atom. The highest BCUT2D eigenvalue weighted by Crippen LogP contribution is 2.16. The quantitative estimate of drug-likeness (QED) is 0.612. The van der Waals surface area contributed by atoms with Crippen LogP contribution in [0, 0.1) is 6.26 Å². The molecule has 2 nitrogen and oxygen atoms in total. The maximum atomic E-state index is 5.05. The van der Waals surface area contributed by atoms with Gasteiger partial charge in [-0.3, -0.25) is 4.98 Å². The van der Waals surface area contributed by atoms with E-state index < -0.39 is 0 Å². The van der Waals surface area contributed by atoms with Crippen LogP contribution < -0.4 is 0 Å². The van der Waals surface area contributed by atoms with Crippen LogP contribution in [0.15, 0.2) is 41.1 Å². The van der Waals surface area contributed by atoms with Gasteiger partial charge in [0.05, 0.1) is 0 Å². The number of nitrogens with zero attached hydrogens (tertiary/aromatic N) is 1. The van der Waals surface area contributed by atoms with Crippen LogP contribution in [0.2, 0.25) is 0 Å². The molecule has 0 saturated carbocycles. The van der Waals surface area contributed by atoms with Crippen LogP contribution in [-0.2, 0) is 0 Å². The van der Waals surface area contributed by atoms with Crippen LogP contribution in [-0.4, -0.2) is 4.98 Å². The minimum atomic E-state index is 0.804. The topological polar surface area (TPSA) is 26.0 Å². The highest BCUT2D eigenvalue weighted by molar-refractivity contribution is 5.54. The fraction of sp³-hybridized carbons (Fsp3) is 0. The van der Waals surface area contributed by atoms with Crippen LogP contribution in [0.1, 0.15) is 0 Å². The Hall–Kier alpha value is -1.57. The first-order valence-electron chi connectivity index (χ1n) is 3.33. The Balaban J connectivity index is 2.46. The third-order valence-electron chi connectivity index (χ3n) is 1.42. The molecule has 2 aromatic heterocycles. The Kier molecular flexibility index (Phi) is 1.44. The predicted molar refractivity (Wildman–Crippen MR) is 40.8 cm³/mol. The molecule has 0 aliphatic heterocycles. The van der Waals surface area contributed by atoms with Crippen molar-refractivity contribution in [2.45, 2.75) is 0 Å². The van der Waals surface area contributed by atoms with E-state index in [2.05, 4.69) is 11.2 Å². The first kappa shape index (κ1) is 6.16. The van der Waals surface area contributed by atoms with Crippen molar-refractivity contribution in [1.29, 1.82) is 0 Å². The van der Waals surface area contributed by atoms with Crippen molar-refractivity contribution in [3.05, 3.63) is 42.9 Å². The normalized spacial score (nSPS) is 9.82. The molecule has 0 aliphatic carbocycles. The molecule has 0 aliphatic rings. The summed E-state index contributed by atoms with van der Waals surface area (Å²) in [5.41, 5.74) is 0.980. The molecule has 0 saturated heterocycles. The molecule has 0 unspecified atom stereocenters. The minimum absolute atomic E-state index is 0.804. The molecule has 0 N–H and O–H groups in total. The van der Waals surface area contributed by atoms with E-state index in [4.69, 9.17) is 4.42 Å². The summed E-state index contributed by atoms with van der Waals surface area (Å²) in [4.78, 5) is 3.97. The summed E-state index contributed by atoms with van der Waals surface area (Å²) < 4.78 is 5.05. The molecule has 0 aromatic carbocycles. The van der Waals surface area contributed by atoms with E-state index in [9.17, 15) is 0 Å². The monoisotopic (exact) mass is 144 g/mol. The van der Waals surface area contributed by atoms with E-state index in [-0.39, 0.29) is 0 Å². The second kappa shape index (κ2) is 2.58. The van der Waals surface area contributed by atoms with Gasteiger partial charge in [-0.25, -0.2) is 0 Å². The van der Waals surface area contributed by atoms with Gasteiger partial charge in [0.1, 0.15) is 5.76 Å². The van der Waals surface area contributed by atoms with Crippen molar-refractivity contribution >= 4 is 0 Å². The summed E-state index contributed by atoms with van der Waals surface area (Å²) >= 11 is 0.